The Morgan fingerprint density at radius 1 is 1.11 bits per heavy atom. The summed E-state index contributed by atoms with van der Waals surface area (Å²) in [4.78, 5) is 0. The Balaban J connectivity index is 1.44. The minimum Gasteiger partial charge on any atom is -0.328 e. The first kappa shape index (κ1) is 11.9. The van der Waals surface area contributed by atoms with Crippen molar-refractivity contribution < 1.29 is 0 Å². The molecule has 1 aromatic rings. The van der Waals surface area contributed by atoms with E-state index in [4.69, 9.17) is 5.73 Å². The molecule has 2 atom stereocenters. The number of fused-ring (bicyclic) bond motifs is 2. The summed E-state index contributed by atoms with van der Waals surface area (Å²) >= 11 is 0. The molecule has 1 aromatic carbocycles. The van der Waals surface area contributed by atoms with E-state index in [-0.39, 0.29) is 0 Å². The SMILES string of the molecule is N[C@H]1CC[C@@H](N[C@@H]2C[C@]23CCc2ccccc23)CC1. The number of hydrogen-bond acceptors (Lipinski definition) is 2. The summed E-state index contributed by atoms with van der Waals surface area (Å²) in [6, 6.07) is 11.0. The second kappa shape index (κ2) is 4.32. The maximum Gasteiger partial charge on any atom is 0.0176 e. The number of hydrogen-bond donors (Lipinski definition) is 2. The van der Waals surface area contributed by atoms with Gasteiger partial charge in [-0.15, -0.1) is 0 Å². The molecule has 0 unspecified atom stereocenters. The Kier molecular flexibility index (Phi) is 2.71. The van der Waals surface area contributed by atoms with Crippen molar-refractivity contribution in [1.82, 2.24) is 5.32 Å². The fourth-order valence-corrected chi connectivity index (χ4v) is 4.38. The summed E-state index contributed by atoms with van der Waals surface area (Å²) in [5, 5.41) is 3.93. The van der Waals surface area contributed by atoms with Gasteiger partial charge < -0.3 is 11.1 Å². The van der Waals surface area contributed by atoms with Gasteiger partial charge in [0.05, 0.1) is 0 Å². The number of aryl methyl sites for hydroxylation is 1. The third kappa shape index (κ3) is 1.93. The van der Waals surface area contributed by atoms with E-state index in [1.165, 1.54) is 44.9 Å². The van der Waals surface area contributed by atoms with Gasteiger partial charge in [-0.3, -0.25) is 0 Å². The number of nitrogens with two attached hydrogens (primary N) is 1. The molecule has 19 heavy (non-hydrogen) atoms. The van der Waals surface area contributed by atoms with Crippen LogP contribution in [0.4, 0.5) is 0 Å². The first-order chi connectivity index (χ1) is 9.28. The van der Waals surface area contributed by atoms with Gasteiger partial charge >= 0.3 is 0 Å². The lowest BCUT2D eigenvalue weighted by atomic mass is 9.91. The van der Waals surface area contributed by atoms with Gasteiger partial charge in [-0.05, 0) is 56.1 Å². The lowest BCUT2D eigenvalue weighted by Crippen LogP contribution is -2.40. The van der Waals surface area contributed by atoms with Crippen molar-refractivity contribution in [3.8, 4) is 0 Å². The zero-order valence-electron chi connectivity index (χ0n) is 11.6. The van der Waals surface area contributed by atoms with E-state index in [1.807, 2.05) is 0 Å². The topological polar surface area (TPSA) is 38.0 Å². The molecule has 0 heterocycles. The van der Waals surface area contributed by atoms with Crippen molar-refractivity contribution in [1.29, 1.82) is 0 Å². The summed E-state index contributed by atoms with van der Waals surface area (Å²) in [6.45, 7) is 0. The molecule has 2 heteroatoms. The third-order valence-corrected chi connectivity index (χ3v) is 5.68. The van der Waals surface area contributed by atoms with Crippen molar-refractivity contribution in [2.24, 2.45) is 5.73 Å². The van der Waals surface area contributed by atoms with Crippen LogP contribution < -0.4 is 11.1 Å². The zero-order chi connectivity index (χ0) is 12.9. The Morgan fingerprint density at radius 3 is 2.74 bits per heavy atom. The maximum atomic E-state index is 5.99. The average molecular weight is 256 g/mol. The molecule has 2 fully saturated rings. The summed E-state index contributed by atoms with van der Waals surface area (Å²) in [6.07, 6.45) is 8.94. The molecule has 2 nitrogen and oxygen atoms in total. The molecule has 0 aromatic heterocycles. The van der Waals surface area contributed by atoms with Gasteiger partial charge in [-0.1, -0.05) is 24.3 Å². The van der Waals surface area contributed by atoms with Gasteiger partial charge in [-0.25, -0.2) is 0 Å². The highest BCUT2D eigenvalue weighted by Crippen LogP contribution is 2.57. The second-order valence-corrected chi connectivity index (χ2v) is 6.85. The minimum absolute atomic E-state index is 0.457. The lowest BCUT2D eigenvalue weighted by molar-refractivity contribution is 0.333. The second-order valence-electron chi connectivity index (χ2n) is 6.85. The van der Waals surface area contributed by atoms with Crippen LogP contribution in [0.5, 0.6) is 0 Å². The average Bonchev–Trinajstić information content (AvgIpc) is 3.00. The van der Waals surface area contributed by atoms with Gasteiger partial charge in [0.2, 0.25) is 0 Å². The molecular weight excluding hydrogens is 232 g/mol. The number of rotatable bonds is 2. The highest BCUT2D eigenvalue weighted by Gasteiger charge is 2.58. The Labute approximate surface area is 115 Å². The van der Waals surface area contributed by atoms with Crippen molar-refractivity contribution in [3.05, 3.63) is 35.4 Å². The van der Waals surface area contributed by atoms with Crippen LogP contribution in [0.2, 0.25) is 0 Å². The molecule has 3 N–H and O–H groups in total. The van der Waals surface area contributed by atoms with E-state index >= 15 is 0 Å². The highest BCUT2D eigenvalue weighted by molar-refractivity contribution is 5.46. The van der Waals surface area contributed by atoms with Crippen molar-refractivity contribution in [3.63, 3.8) is 0 Å². The van der Waals surface area contributed by atoms with Crippen LogP contribution in [0, 0.1) is 0 Å². The van der Waals surface area contributed by atoms with Crippen molar-refractivity contribution in [2.45, 2.75) is 68.5 Å². The van der Waals surface area contributed by atoms with E-state index in [0.29, 0.717) is 11.5 Å². The highest BCUT2D eigenvalue weighted by atomic mass is 15.0. The molecule has 0 saturated heterocycles. The molecule has 0 amide bonds. The fraction of sp³-hybridized carbons (Fsp3) is 0.647. The van der Waals surface area contributed by atoms with Crippen LogP contribution in [0.25, 0.3) is 0 Å². The third-order valence-electron chi connectivity index (χ3n) is 5.68. The van der Waals surface area contributed by atoms with E-state index < -0.39 is 0 Å². The first-order valence-corrected chi connectivity index (χ1v) is 7.88. The molecule has 0 bridgehead atoms. The maximum absolute atomic E-state index is 5.99. The fourth-order valence-electron chi connectivity index (χ4n) is 4.38. The molecule has 0 radical (unpaired) electrons. The van der Waals surface area contributed by atoms with E-state index in [0.717, 1.165) is 12.1 Å². The van der Waals surface area contributed by atoms with Gasteiger partial charge in [-0.2, -0.15) is 0 Å². The molecule has 0 aliphatic heterocycles. The standard InChI is InChI=1S/C17H24N2/c18-13-5-7-14(8-6-13)19-16-11-17(16)10-9-12-3-1-2-4-15(12)17/h1-4,13-14,16,19H,5-11,18H2/t13-,14+,16-,17+/m1/s1. The molecule has 3 aliphatic rings. The van der Waals surface area contributed by atoms with Crippen LogP contribution in [0.15, 0.2) is 24.3 Å². The van der Waals surface area contributed by atoms with Crippen LogP contribution >= 0.6 is 0 Å². The normalized spacial score (nSPS) is 40.4. The Hall–Kier alpha value is -0.860. The van der Waals surface area contributed by atoms with Gasteiger partial charge in [0.1, 0.15) is 0 Å². The minimum atomic E-state index is 0.457. The number of benzene rings is 1. The van der Waals surface area contributed by atoms with Gasteiger partial charge in [0, 0.05) is 23.5 Å². The molecular formula is C17H24N2. The van der Waals surface area contributed by atoms with Crippen molar-refractivity contribution >= 4 is 0 Å². The molecule has 3 aliphatic carbocycles. The Morgan fingerprint density at radius 2 is 1.89 bits per heavy atom. The summed E-state index contributed by atoms with van der Waals surface area (Å²) in [5.41, 5.74) is 9.72. The predicted octanol–water partition coefficient (Wildman–Crippen LogP) is 2.50. The molecule has 102 valence electrons. The smallest absolute Gasteiger partial charge is 0.0176 e. The van der Waals surface area contributed by atoms with E-state index in [9.17, 15) is 0 Å². The van der Waals surface area contributed by atoms with E-state index in [1.54, 1.807) is 11.1 Å². The molecule has 2 saturated carbocycles. The van der Waals surface area contributed by atoms with Gasteiger partial charge in [0.15, 0.2) is 0 Å². The van der Waals surface area contributed by atoms with Crippen LogP contribution in [0.1, 0.15) is 49.7 Å². The number of nitrogens with one attached hydrogen (secondary N) is 1. The van der Waals surface area contributed by atoms with Crippen LogP contribution in [-0.2, 0) is 11.8 Å². The molecule has 1 spiro atoms. The summed E-state index contributed by atoms with van der Waals surface area (Å²) < 4.78 is 0. The van der Waals surface area contributed by atoms with E-state index in [2.05, 4.69) is 29.6 Å². The quantitative estimate of drug-likeness (QED) is 0.853. The Bertz CT molecular complexity index is 476. The van der Waals surface area contributed by atoms with Crippen molar-refractivity contribution in [2.75, 3.05) is 0 Å². The summed E-state index contributed by atoms with van der Waals surface area (Å²) in [5.74, 6) is 0. The monoisotopic (exact) mass is 256 g/mol. The largest absolute Gasteiger partial charge is 0.328 e. The first-order valence-electron chi connectivity index (χ1n) is 7.88. The van der Waals surface area contributed by atoms with Gasteiger partial charge in [0.25, 0.3) is 0 Å². The lowest BCUT2D eigenvalue weighted by Gasteiger charge is -2.28. The van der Waals surface area contributed by atoms with Crippen LogP contribution in [-0.4, -0.2) is 18.1 Å². The van der Waals surface area contributed by atoms with Crippen LogP contribution in [0.3, 0.4) is 0 Å². The summed E-state index contributed by atoms with van der Waals surface area (Å²) in [7, 11) is 0. The zero-order valence-corrected chi connectivity index (χ0v) is 11.6. The predicted molar refractivity (Wildman–Crippen MR) is 78.2 cm³/mol. The molecule has 4 rings (SSSR count).